The summed E-state index contributed by atoms with van der Waals surface area (Å²) in [7, 11) is 0. The summed E-state index contributed by atoms with van der Waals surface area (Å²) in [4.78, 5) is 2.39. The van der Waals surface area contributed by atoms with Gasteiger partial charge in [-0.1, -0.05) is 12.8 Å². The van der Waals surface area contributed by atoms with Crippen LogP contribution in [-0.2, 0) is 0 Å². The molecule has 0 bridgehead atoms. The monoisotopic (exact) mass is 183 g/mol. The Morgan fingerprint density at radius 1 is 1.23 bits per heavy atom. The molecule has 1 heterocycles. The zero-order valence-electron chi connectivity index (χ0n) is 8.84. The molecule has 13 heavy (non-hydrogen) atoms. The van der Waals surface area contributed by atoms with Crippen molar-refractivity contribution in [3.63, 3.8) is 0 Å². The first-order valence-corrected chi connectivity index (χ1v) is 5.44. The summed E-state index contributed by atoms with van der Waals surface area (Å²) in [5, 5.41) is 9.64. The molecule has 0 unspecified atom stereocenters. The van der Waals surface area contributed by atoms with Gasteiger partial charge in [0.15, 0.2) is 0 Å². The van der Waals surface area contributed by atoms with E-state index in [1.165, 1.54) is 38.8 Å². The number of hydrogen-bond acceptors (Lipinski definition) is 2. The predicted octanol–water partition coefficient (Wildman–Crippen LogP) is 1.63. The summed E-state index contributed by atoms with van der Waals surface area (Å²) in [6, 6.07) is 0. The third kappa shape index (κ3) is 2.05. The van der Waals surface area contributed by atoms with Gasteiger partial charge in [0.1, 0.15) is 0 Å². The van der Waals surface area contributed by atoms with Crippen LogP contribution >= 0.6 is 0 Å². The zero-order valence-corrected chi connectivity index (χ0v) is 8.84. The first-order valence-electron chi connectivity index (χ1n) is 5.44. The fourth-order valence-electron chi connectivity index (χ4n) is 3.00. The molecule has 1 aliphatic carbocycles. The Morgan fingerprint density at radius 3 is 2.23 bits per heavy atom. The Bertz CT molecular complexity index is 181. The maximum absolute atomic E-state index is 9.64. The Balaban J connectivity index is 1.78. The summed E-state index contributed by atoms with van der Waals surface area (Å²) in [5.74, 6) is 0. The average molecular weight is 183 g/mol. The highest BCUT2D eigenvalue weighted by atomic mass is 16.3. The van der Waals surface area contributed by atoms with Crippen LogP contribution in [-0.4, -0.2) is 35.2 Å². The largest absolute Gasteiger partial charge is 0.389 e. The molecule has 76 valence electrons. The lowest BCUT2D eigenvalue weighted by Gasteiger charge is -2.50. The van der Waals surface area contributed by atoms with Crippen LogP contribution in [0, 0.1) is 5.41 Å². The fourth-order valence-corrected chi connectivity index (χ4v) is 3.00. The van der Waals surface area contributed by atoms with Crippen molar-refractivity contribution in [2.24, 2.45) is 5.41 Å². The first-order chi connectivity index (χ1) is 5.99. The van der Waals surface area contributed by atoms with Crippen LogP contribution in [0.25, 0.3) is 0 Å². The van der Waals surface area contributed by atoms with Crippen molar-refractivity contribution in [2.45, 2.75) is 45.1 Å². The van der Waals surface area contributed by atoms with Gasteiger partial charge >= 0.3 is 0 Å². The molecular formula is C11H21NO. The second-order valence-corrected chi connectivity index (χ2v) is 5.66. The molecule has 0 aromatic heterocycles. The normalized spacial score (nSPS) is 27.9. The molecule has 1 N–H and O–H groups in total. The first kappa shape index (κ1) is 9.47. The van der Waals surface area contributed by atoms with E-state index in [1.807, 2.05) is 13.8 Å². The van der Waals surface area contributed by atoms with E-state index in [0.717, 1.165) is 6.54 Å². The maximum atomic E-state index is 9.64. The second-order valence-electron chi connectivity index (χ2n) is 5.66. The minimum absolute atomic E-state index is 0.514. The predicted molar refractivity (Wildman–Crippen MR) is 53.6 cm³/mol. The van der Waals surface area contributed by atoms with Crippen LogP contribution in [0.15, 0.2) is 0 Å². The number of likely N-dealkylation sites (tertiary alicyclic amines) is 1. The maximum Gasteiger partial charge on any atom is 0.0718 e. The molecule has 0 aromatic carbocycles. The topological polar surface area (TPSA) is 23.5 Å². The van der Waals surface area contributed by atoms with Gasteiger partial charge in [0, 0.05) is 19.6 Å². The molecule has 2 rings (SSSR count). The summed E-state index contributed by atoms with van der Waals surface area (Å²) in [5.41, 5.74) is 0.158. The molecular weight excluding hydrogens is 162 g/mol. The van der Waals surface area contributed by atoms with Gasteiger partial charge < -0.3 is 5.11 Å². The van der Waals surface area contributed by atoms with Crippen LogP contribution in [0.1, 0.15) is 39.5 Å². The number of nitrogens with zero attached hydrogens (tertiary/aromatic N) is 1. The van der Waals surface area contributed by atoms with Crippen LogP contribution in [0.5, 0.6) is 0 Å². The average Bonchev–Trinajstić information content (AvgIpc) is 2.30. The van der Waals surface area contributed by atoms with E-state index in [0.29, 0.717) is 5.41 Å². The Kier molecular flexibility index (Phi) is 2.16. The van der Waals surface area contributed by atoms with E-state index in [1.54, 1.807) is 0 Å². The van der Waals surface area contributed by atoms with Gasteiger partial charge in [-0.3, -0.25) is 4.90 Å². The zero-order chi connectivity index (χ0) is 9.53. The lowest BCUT2D eigenvalue weighted by molar-refractivity contribution is -0.0507. The summed E-state index contributed by atoms with van der Waals surface area (Å²) < 4.78 is 0. The van der Waals surface area contributed by atoms with Crippen molar-refractivity contribution in [2.75, 3.05) is 19.6 Å². The van der Waals surface area contributed by atoms with E-state index >= 15 is 0 Å². The SMILES string of the molecule is CC(C)(O)CN1CC2(CCCC2)C1. The van der Waals surface area contributed by atoms with Gasteiger partial charge in [-0.05, 0) is 32.1 Å². The van der Waals surface area contributed by atoms with Gasteiger partial charge in [-0.25, -0.2) is 0 Å². The van der Waals surface area contributed by atoms with Crippen molar-refractivity contribution < 1.29 is 5.11 Å². The molecule has 0 radical (unpaired) electrons. The molecule has 2 aliphatic rings. The molecule has 2 nitrogen and oxygen atoms in total. The number of β-amino-alcohol motifs (C(OH)–C–C–N with tert-alkyl or cyclic N) is 1. The molecule has 2 heteroatoms. The Morgan fingerprint density at radius 2 is 1.77 bits per heavy atom. The Labute approximate surface area is 80.9 Å². The Hall–Kier alpha value is -0.0800. The fraction of sp³-hybridized carbons (Fsp3) is 1.00. The number of hydrogen-bond donors (Lipinski definition) is 1. The van der Waals surface area contributed by atoms with E-state index in [2.05, 4.69) is 4.90 Å². The molecule has 1 spiro atoms. The van der Waals surface area contributed by atoms with E-state index in [-0.39, 0.29) is 0 Å². The van der Waals surface area contributed by atoms with Crippen molar-refractivity contribution in [3.8, 4) is 0 Å². The van der Waals surface area contributed by atoms with Crippen molar-refractivity contribution in [3.05, 3.63) is 0 Å². The molecule has 0 aromatic rings. The highest BCUT2D eigenvalue weighted by Crippen LogP contribution is 2.45. The molecule has 2 fully saturated rings. The summed E-state index contributed by atoms with van der Waals surface area (Å²) in [6.45, 7) is 7.10. The lowest BCUT2D eigenvalue weighted by Crippen LogP contribution is -2.58. The highest BCUT2D eigenvalue weighted by Gasteiger charge is 2.45. The van der Waals surface area contributed by atoms with Crippen molar-refractivity contribution in [1.82, 2.24) is 4.90 Å². The molecule has 1 saturated heterocycles. The molecule has 1 saturated carbocycles. The van der Waals surface area contributed by atoms with Crippen LogP contribution in [0.3, 0.4) is 0 Å². The quantitative estimate of drug-likeness (QED) is 0.703. The standard InChI is InChI=1S/C11H21NO/c1-10(2,13)7-12-8-11(9-12)5-3-4-6-11/h13H,3-9H2,1-2H3. The van der Waals surface area contributed by atoms with Gasteiger partial charge in [0.05, 0.1) is 5.60 Å². The van der Waals surface area contributed by atoms with E-state index in [9.17, 15) is 5.11 Å². The minimum Gasteiger partial charge on any atom is -0.389 e. The third-order valence-corrected chi connectivity index (χ3v) is 3.39. The van der Waals surface area contributed by atoms with Crippen molar-refractivity contribution in [1.29, 1.82) is 0 Å². The summed E-state index contributed by atoms with van der Waals surface area (Å²) in [6.07, 6.45) is 5.71. The smallest absolute Gasteiger partial charge is 0.0718 e. The number of aliphatic hydroxyl groups is 1. The van der Waals surface area contributed by atoms with Crippen LogP contribution in [0.2, 0.25) is 0 Å². The molecule has 0 atom stereocenters. The minimum atomic E-state index is -0.514. The molecule has 1 aliphatic heterocycles. The van der Waals surface area contributed by atoms with E-state index < -0.39 is 5.60 Å². The van der Waals surface area contributed by atoms with Crippen LogP contribution in [0.4, 0.5) is 0 Å². The van der Waals surface area contributed by atoms with Gasteiger partial charge in [0.2, 0.25) is 0 Å². The third-order valence-electron chi connectivity index (χ3n) is 3.39. The molecule has 0 amide bonds. The highest BCUT2D eigenvalue weighted by molar-refractivity contribution is 4.98. The van der Waals surface area contributed by atoms with Crippen molar-refractivity contribution >= 4 is 0 Å². The van der Waals surface area contributed by atoms with Gasteiger partial charge in [-0.2, -0.15) is 0 Å². The van der Waals surface area contributed by atoms with Gasteiger partial charge in [-0.15, -0.1) is 0 Å². The summed E-state index contributed by atoms with van der Waals surface area (Å²) >= 11 is 0. The van der Waals surface area contributed by atoms with Gasteiger partial charge in [0.25, 0.3) is 0 Å². The van der Waals surface area contributed by atoms with E-state index in [4.69, 9.17) is 0 Å². The lowest BCUT2D eigenvalue weighted by atomic mass is 9.78. The van der Waals surface area contributed by atoms with Crippen LogP contribution < -0.4 is 0 Å². The number of rotatable bonds is 2. The second kappa shape index (κ2) is 2.96.